The zero-order chi connectivity index (χ0) is 16.6. The van der Waals surface area contributed by atoms with Crippen LogP contribution in [0, 0.1) is 0 Å². The number of halogens is 2. The highest BCUT2D eigenvalue weighted by atomic mass is 35.5. The molecule has 0 fully saturated rings. The van der Waals surface area contributed by atoms with Crippen LogP contribution in [0.2, 0.25) is 0 Å². The van der Waals surface area contributed by atoms with Crippen molar-refractivity contribution in [3.05, 3.63) is 48.5 Å². The molecule has 1 aromatic heterocycles. The molecule has 0 atom stereocenters. The summed E-state index contributed by atoms with van der Waals surface area (Å²) in [5, 5.41) is 9.48. The van der Waals surface area contributed by atoms with E-state index < -0.39 is 0 Å². The SMILES string of the molecule is CCNCCCCCCNc1c2ccccc2nc2ccccc12.Cl.Cl. The molecule has 0 spiro atoms. The van der Waals surface area contributed by atoms with Gasteiger partial charge < -0.3 is 10.6 Å². The summed E-state index contributed by atoms with van der Waals surface area (Å²) in [6, 6.07) is 16.8. The molecule has 0 amide bonds. The maximum absolute atomic E-state index is 4.78. The van der Waals surface area contributed by atoms with Crippen LogP contribution in [0.3, 0.4) is 0 Å². The molecular weight excluding hydrogens is 365 g/mol. The topological polar surface area (TPSA) is 37.0 Å². The molecule has 142 valence electrons. The van der Waals surface area contributed by atoms with Gasteiger partial charge in [0.05, 0.1) is 16.7 Å². The summed E-state index contributed by atoms with van der Waals surface area (Å²) in [5.74, 6) is 0. The maximum Gasteiger partial charge on any atom is 0.0730 e. The summed E-state index contributed by atoms with van der Waals surface area (Å²) in [6.45, 7) is 5.39. The quantitative estimate of drug-likeness (QED) is 0.355. The number of hydrogen-bond acceptors (Lipinski definition) is 3. The van der Waals surface area contributed by atoms with Crippen LogP contribution in [0.15, 0.2) is 48.5 Å². The van der Waals surface area contributed by atoms with E-state index in [0.717, 1.165) is 30.7 Å². The summed E-state index contributed by atoms with van der Waals surface area (Å²) in [7, 11) is 0. The second-order valence-electron chi connectivity index (χ2n) is 6.22. The van der Waals surface area contributed by atoms with Crippen molar-refractivity contribution in [2.24, 2.45) is 0 Å². The fourth-order valence-electron chi connectivity index (χ4n) is 3.15. The standard InChI is InChI=1S/C21H27N3.2ClH/c1-2-22-15-9-3-4-10-16-23-21-17-11-5-7-13-19(17)24-20-14-8-6-12-18(20)21;;/h5-8,11-14,22H,2-4,9-10,15-16H2,1H3,(H,23,24);2*1H. The van der Waals surface area contributed by atoms with Gasteiger partial charge in [-0.15, -0.1) is 24.8 Å². The van der Waals surface area contributed by atoms with Crippen LogP contribution in [0.5, 0.6) is 0 Å². The van der Waals surface area contributed by atoms with Gasteiger partial charge in [-0.25, -0.2) is 4.98 Å². The first-order chi connectivity index (χ1) is 11.9. The average molecular weight is 394 g/mol. The number of benzene rings is 2. The molecule has 0 radical (unpaired) electrons. The van der Waals surface area contributed by atoms with E-state index in [9.17, 15) is 0 Å². The Balaban J connectivity index is 0.00000169. The Morgan fingerprint density at radius 1 is 0.731 bits per heavy atom. The van der Waals surface area contributed by atoms with Crippen LogP contribution in [-0.2, 0) is 0 Å². The third-order valence-corrected chi connectivity index (χ3v) is 4.42. The van der Waals surface area contributed by atoms with E-state index >= 15 is 0 Å². The second kappa shape index (κ2) is 11.9. The van der Waals surface area contributed by atoms with Crippen molar-refractivity contribution in [1.82, 2.24) is 10.3 Å². The van der Waals surface area contributed by atoms with Crippen molar-refractivity contribution in [2.75, 3.05) is 25.0 Å². The Kier molecular flexibility index (Phi) is 10.3. The molecule has 3 aromatic rings. The molecule has 1 heterocycles. The van der Waals surface area contributed by atoms with Crippen LogP contribution in [0.25, 0.3) is 21.8 Å². The minimum atomic E-state index is 0. The first-order valence-corrected chi connectivity index (χ1v) is 9.12. The Bertz CT molecular complexity index is 738. The second-order valence-corrected chi connectivity index (χ2v) is 6.22. The van der Waals surface area contributed by atoms with E-state index in [0.29, 0.717) is 0 Å². The van der Waals surface area contributed by atoms with E-state index in [2.05, 4.69) is 66.1 Å². The molecule has 0 saturated carbocycles. The predicted octanol–water partition coefficient (Wildman–Crippen LogP) is 5.81. The smallest absolute Gasteiger partial charge is 0.0730 e. The lowest BCUT2D eigenvalue weighted by atomic mass is 10.1. The van der Waals surface area contributed by atoms with Gasteiger partial charge in [0.15, 0.2) is 0 Å². The summed E-state index contributed by atoms with van der Waals surface area (Å²) >= 11 is 0. The van der Waals surface area contributed by atoms with Crippen molar-refractivity contribution in [2.45, 2.75) is 32.6 Å². The van der Waals surface area contributed by atoms with E-state index in [1.54, 1.807) is 0 Å². The van der Waals surface area contributed by atoms with Crippen LogP contribution >= 0.6 is 24.8 Å². The maximum atomic E-state index is 4.78. The Morgan fingerprint density at radius 2 is 1.27 bits per heavy atom. The number of anilines is 1. The van der Waals surface area contributed by atoms with Crippen molar-refractivity contribution >= 4 is 52.3 Å². The lowest BCUT2D eigenvalue weighted by Crippen LogP contribution is -2.13. The van der Waals surface area contributed by atoms with Gasteiger partial charge in [0, 0.05) is 17.3 Å². The number of para-hydroxylation sites is 2. The van der Waals surface area contributed by atoms with Crippen LogP contribution < -0.4 is 10.6 Å². The van der Waals surface area contributed by atoms with E-state index in [4.69, 9.17) is 4.98 Å². The summed E-state index contributed by atoms with van der Waals surface area (Å²) in [4.78, 5) is 4.78. The third-order valence-electron chi connectivity index (χ3n) is 4.42. The minimum absolute atomic E-state index is 0. The number of fused-ring (bicyclic) bond motifs is 2. The molecule has 0 aliphatic carbocycles. The Morgan fingerprint density at radius 3 is 1.85 bits per heavy atom. The van der Waals surface area contributed by atoms with Gasteiger partial charge in [0.2, 0.25) is 0 Å². The van der Waals surface area contributed by atoms with E-state index in [1.807, 2.05) is 0 Å². The van der Waals surface area contributed by atoms with Crippen LogP contribution in [-0.4, -0.2) is 24.6 Å². The highest BCUT2D eigenvalue weighted by Crippen LogP contribution is 2.30. The highest BCUT2D eigenvalue weighted by molar-refractivity contribution is 6.07. The lowest BCUT2D eigenvalue weighted by Gasteiger charge is -2.13. The largest absolute Gasteiger partial charge is 0.384 e. The zero-order valence-corrected chi connectivity index (χ0v) is 17.0. The summed E-state index contributed by atoms with van der Waals surface area (Å²) in [6.07, 6.45) is 5.05. The molecule has 5 heteroatoms. The Hall–Kier alpha value is -1.55. The van der Waals surface area contributed by atoms with Gasteiger partial charge in [0.25, 0.3) is 0 Å². The van der Waals surface area contributed by atoms with Crippen LogP contribution in [0.1, 0.15) is 32.6 Å². The fraction of sp³-hybridized carbons (Fsp3) is 0.381. The normalized spacial score (nSPS) is 10.3. The van der Waals surface area contributed by atoms with E-state index in [-0.39, 0.29) is 24.8 Å². The molecule has 26 heavy (non-hydrogen) atoms. The van der Waals surface area contributed by atoms with E-state index in [1.165, 1.54) is 42.1 Å². The van der Waals surface area contributed by atoms with Crippen molar-refractivity contribution in [3.63, 3.8) is 0 Å². The lowest BCUT2D eigenvalue weighted by molar-refractivity contribution is 0.605. The molecular formula is C21H29Cl2N3. The minimum Gasteiger partial charge on any atom is -0.384 e. The zero-order valence-electron chi connectivity index (χ0n) is 15.3. The number of hydrogen-bond donors (Lipinski definition) is 2. The molecule has 3 nitrogen and oxygen atoms in total. The van der Waals surface area contributed by atoms with Gasteiger partial charge in [0.1, 0.15) is 0 Å². The molecule has 0 unspecified atom stereocenters. The van der Waals surface area contributed by atoms with Gasteiger partial charge in [-0.05, 0) is 38.1 Å². The van der Waals surface area contributed by atoms with Crippen molar-refractivity contribution in [3.8, 4) is 0 Å². The third kappa shape index (κ3) is 5.73. The first-order valence-electron chi connectivity index (χ1n) is 9.12. The molecule has 0 aliphatic rings. The average Bonchev–Trinajstić information content (AvgIpc) is 2.63. The van der Waals surface area contributed by atoms with Gasteiger partial charge >= 0.3 is 0 Å². The number of aromatic nitrogens is 1. The Labute approximate surface area is 168 Å². The van der Waals surface area contributed by atoms with Gasteiger partial charge in [-0.1, -0.05) is 56.2 Å². The summed E-state index contributed by atoms with van der Waals surface area (Å²) in [5.41, 5.74) is 3.34. The van der Waals surface area contributed by atoms with Gasteiger partial charge in [-0.2, -0.15) is 0 Å². The number of nitrogens with zero attached hydrogens (tertiary/aromatic N) is 1. The van der Waals surface area contributed by atoms with Gasteiger partial charge in [-0.3, -0.25) is 0 Å². The molecule has 3 rings (SSSR count). The molecule has 2 aromatic carbocycles. The monoisotopic (exact) mass is 393 g/mol. The molecule has 2 N–H and O–H groups in total. The molecule has 0 bridgehead atoms. The number of nitrogens with one attached hydrogen (secondary N) is 2. The van der Waals surface area contributed by atoms with Crippen molar-refractivity contribution in [1.29, 1.82) is 0 Å². The fourth-order valence-corrected chi connectivity index (χ4v) is 3.15. The highest BCUT2D eigenvalue weighted by Gasteiger charge is 2.07. The summed E-state index contributed by atoms with van der Waals surface area (Å²) < 4.78 is 0. The molecule has 0 aliphatic heterocycles. The number of unbranched alkanes of at least 4 members (excludes halogenated alkanes) is 3. The molecule has 0 saturated heterocycles. The predicted molar refractivity (Wildman–Crippen MR) is 119 cm³/mol. The van der Waals surface area contributed by atoms with Crippen molar-refractivity contribution < 1.29 is 0 Å². The number of pyridine rings is 1. The first kappa shape index (κ1) is 22.5. The number of rotatable bonds is 9. The van der Waals surface area contributed by atoms with Crippen LogP contribution in [0.4, 0.5) is 5.69 Å².